The van der Waals surface area contributed by atoms with E-state index in [9.17, 15) is 0 Å². The van der Waals surface area contributed by atoms with Gasteiger partial charge >= 0.3 is 0 Å². The second kappa shape index (κ2) is 5.44. The quantitative estimate of drug-likeness (QED) is 0.570. The summed E-state index contributed by atoms with van der Waals surface area (Å²) in [6.45, 7) is 2.13. The highest BCUT2D eigenvalue weighted by molar-refractivity contribution is 14.1. The minimum Gasteiger partial charge on any atom is -0.396 e. The van der Waals surface area contributed by atoms with Crippen molar-refractivity contribution in [3.8, 4) is 0 Å². The van der Waals surface area contributed by atoms with Gasteiger partial charge in [0, 0.05) is 10.5 Å². The van der Waals surface area contributed by atoms with Crippen LogP contribution in [0.1, 0.15) is 19.8 Å². The summed E-state index contributed by atoms with van der Waals surface area (Å²) in [5.41, 5.74) is 0. The van der Waals surface area contributed by atoms with E-state index in [1.165, 1.54) is 0 Å². The van der Waals surface area contributed by atoms with Crippen molar-refractivity contribution < 1.29 is 10.2 Å². The van der Waals surface area contributed by atoms with Gasteiger partial charge in [0.25, 0.3) is 0 Å². The Labute approximate surface area is 69.4 Å². The summed E-state index contributed by atoms with van der Waals surface area (Å²) in [6.07, 6.45) is 0.968. The van der Waals surface area contributed by atoms with Gasteiger partial charge in [-0.3, -0.25) is 0 Å². The number of alkyl halides is 1. The van der Waals surface area contributed by atoms with Gasteiger partial charge in [0.1, 0.15) is 0 Å². The molecule has 2 N–H and O–H groups in total. The van der Waals surface area contributed by atoms with E-state index in [0.29, 0.717) is 10.3 Å². The van der Waals surface area contributed by atoms with Crippen molar-refractivity contribution in [3.05, 3.63) is 0 Å². The van der Waals surface area contributed by atoms with Crippen LogP contribution in [0.5, 0.6) is 0 Å². The highest BCUT2D eigenvalue weighted by atomic mass is 127. The molecule has 0 aromatic carbocycles. The van der Waals surface area contributed by atoms with Crippen LogP contribution in [0.4, 0.5) is 0 Å². The largest absolute Gasteiger partial charge is 0.396 e. The molecule has 3 heteroatoms. The SMILES string of the molecule is CC(I)CC(O)CCO. The minimum atomic E-state index is -0.318. The molecular weight excluding hydrogens is 231 g/mol. The lowest BCUT2D eigenvalue weighted by atomic mass is 10.1. The molecule has 0 fully saturated rings. The fourth-order valence-electron chi connectivity index (χ4n) is 0.642. The van der Waals surface area contributed by atoms with Crippen LogP contribution in [-0.4, -0.2) is 26.8 Å². The van der Waals surface area contributed by atoms with Gasteiger partial charge in [-0.2, -0.15) is 0 Å². The van der Waals surface area contributed by atoms with Gasteiger partial charge in [-0.15, -0.1) is 0 Å². The van der Waals surface area contributed by atoms with Gasteiger partial charge in [0.2, 0.25) is 0 Å². The molecule has 0 amide bonds. The first kappa shape index (κ1) is 9.65. The van der Waals surface area contributed by atoms with E-state index >= 15 is 0 Å². The van der Waals surface area contributed by atoms with Crippen LogP contribution in [0.25, 0.3) is 0 Å². The summed E-state index contributed by atoms with van der Waals surface area (Å²) in [5.74, 6) is 0. The number of aliphatic hydroxyl groups is 2. The molecule has 0 aromatic heterocycles. The molecular formula is C6H13IO2. The summed E-state index contributed by atoms with van der Waals surface area (Å²) in [7, 11) is 0. The van der Waals surface area contributed by atoms with E-state index in [1.54, 1.807) is 0 Å². The van der Waals surface area contributed by atoms with E-state index < -0.39 is 0 Å². The Kier molecular flexibility index (Phi) is 5.83. The Morgan fingerprint density at radius 1 is 1.56 bits per heavy atom. The van der Waals surface area contributed by atoms with Crippen LogP contribution < -0.4 is 0 Å². The van der Waals surface area contributed by atoms with E-state index in [-0.39, 0.29) is 12.7 Å². The van der Waals surface area contributed by atoms with Gasteiger partial charge in [-0.1, -0.05) is 29.5 Å². The molecule has 0 aliphatic rings. The normalized spacial score (nSPS) is 17.3. The lowest BCUT2D eigenvalue weighted by molar-refractivity contribution is 0.126. The molecule has 0 aromatic rings. The highest BCUT2D eigenvalue weighted by Gasteiger charge is 2.05. The van der Waals surface area contributed by atoms with Crippen molar-refractivity contribution in [1.29, 1.82) is 0 Å². The fourth-order valence-corrected chi connectivity index (χ4v) is 1.23. The molecule has 56 valence electrons. The maximum atomic E-state index is 9.05. The molecule has 2 nitrogen and oxygen atoms in total. The average molecular weight is 244 g/mol. The van der Waals surface area contributed by atoms with E-state index in [2.05, 4.69) is 22.6 Å². The molecule has 0 heterocycles. The third-order valence-corrected chi connectivity index (χ3v) is 1.57. The molecule has 0 saturated carbocycles. The predicted octanol–water partition coefficient (Wildman–Crippen LogP) is 0.943. The van der Waals surface area contributed by atoms with Crippen molar-refractivity contribution in [2.75, 3.05) is 6.61 Å². The molecule has 9 heavy (non-hydrogen) atoms. The van der Waals surface area contributed by atoms with Crippen LogP contribution in [0.3, 0.4) is 0 Å². The third kappa shape index (κ3) is 6.54. The first-order valence-corrected chi connectivity index (χ1v) is 4.34. The number of aliphatic hydroxyl groups excluding tert-OH is 2. The second-order valence-corrected chi connectivity index (χ2v) is 4.31. The Bertz CT molecular complexity index is 66.1. The van der Waals surface area contributed by atoms with Gasteiger partial charge in [0.15, 0.2) is 0 Å². The summed E-state index contributed by atoms with van der Waals surface area (Å²) >= 11 is 2.26. The number of hydrogen-bond acceptors (Lipinski definition) is 2. The first-order valence-electron chi connectivity index (χ1n) is 3.09. The lowest BCUT2D eigenvalue weighted by Gasteiger charge is -2.09. The number of hydrogen-bond donors (Lipinski definition) is 2. The van der Waals surface area contributed by atoms with Crippen molar-refractivity contribution in [3.63, 3.8) is 0 Å². The van der Waals surface area contributed by atoms with Crippen LogP contribution in [0.15, 0.2) is 0 Å². The lowest BCUT2D eigenvalue weighted by Crippen LogP contribution is -2.12. The molecule has 0 aliphatic heterocycles. The highest BCUT2D eigenvalue weighted by Crippen LogP contribution is 2.09. The Hall–Kier alpha value is 0.650. The first-order chi connectivity index (χ1) is 4.16. The van der Waals surface area contributed by atoms with Crippen molar-refractivity contribution in [2.24, 2.45) is 0 Å². The van der Waals surface area contributed by atoms with E-state index in [1.807, 2.05) is 6.92 Å². The summed E-state index contributed by atoms with van der Waals surface area (Å²) in [4.78, 5) is 0. The minimum absolute atomic E-state index is 0.0878. The van der Waals surface area contributed by atoms with Crippen LogP contribution in [0, 0.1) is 0 Å². The van der Waals surface area contributed by atoms with Crippen molar-refractivity contribution in [2.45, 2.75) is 29.8 Å². The second-order valence-electron chi connectivity index (χ2n) is 2.18. The Morgan fingerprint density at radius 2 is 2.11 bits per heavy atom. The van der Waals surface area contributed by atoms with Crippen LogP contribution in [0.2, 0.25) is 0 Å². The smallest absolute Gasteiger partial charge is 0.0572 e. The maximum absolute atomic E-state index is 9.05. The number of rotatable bonds is 4. The van der Waals surface area contributed by atoms with Gasteiger partial charge in [0.05, 0.1) is 6.10 Å². The molecule has 0 aliphatic carbocycles. The summed E-state index contributed by atoms with van der Waals surface area (Å²) < 4.78 is 0.490. The Balaban J connectivity index is 3.15. The fraction of sp³-hybridized carbons (Fsp3) is 1.00. The van der Waals surface area contributed by atoms with Crippen LogP contribution in [-0.2, 0) is 0 Å². The van der Waals surface area contributed by atoms with Crippen LogP contribution >= 0.6 is 22.6 Å². The average Bonchev–Trinajstić information content (AvgIpc) is 1.63. The maximum Gasteiger partial charge on any atom is 0.0572 e. The molecule has 0 bridgehead atoms. The molecule has 2 unspecified atom stereocenters. The van der Waals surface area contributed by atoms with Gasteiger partial charge < -0.3 is 10.2 Å². The van der Waals surface area contributed by atoms with Crippen molar-refractivity contribution >= 4 is 22.6 Å². The van der Waals surface area contributed by atoms with Gasteiger partial charge in [-0.05, 0) is 12.8 Å². The topological polar surface area (TPSA) is 40.5 Å². The number of halogens is 1. The zero-order valence-electron chi connectivity index (χ0n) is 5.55. The molecule has 0 saturated heterocycles. The molecule has 2 atom stereocenters. The van der Waals surface area contributed by atoms with Crippen molar-refractivity contribution in [1.82, 2.24) is 0 Å². The zero-order chi connectivity index (χ0) is 7.28. The zero-order valence-corrected chi connectivity index (χ0v) is 7.71. The summed E-state index contributed by atoms with van der Waals surface area (Å²) in [6, 6.07) is 0. The molecule has 0 spiro atoms. The standard InChI is InChI=1S/C6H13IO2/c1-5(7)4-6(9)2-3-8/h5-6,8-9H,2-4H2,1H3. The molecule has 0 radical (unpaired) electrons. The third-order valence-electron chi connectivity index (χ3n) is 1.06. The van der Waals surface area contributed by atoms with Gasteiger partial charge in [-0.25, -0.2) is 0 Å². The predicted molar refractivity (Wildman–Crippen MR) is 45.8 cm³/mol. The van der Waals surface area contributed by atoms with E-state index in [4.69, 9.17) is 10.2 Å². The summed E-state index contributed by atoms with van der Waals surface area (Å²) in [5, 5.41) is 17.4. The monoisotopic (exact) mass is 244 g/mol. The molecule has 0 rings (SSSR count). The Morgan fingerprint density at radius 3 is 2.44 bits per heavy atom. The van der Waals surface area contributed by atoms with E-state index in [0.717, 1.165) is 6.42 Å².